The molecule has 106 valence electrons. The molecule has 1 aliphatic rings. The van der Waals surface area contributed by atoms with Gasteiger partial charge in [0.25, 0.3) is 0 Å². The first-order valence-corrected chi connectivity index (χ1v) is 7.30. The minimum Gasteiger partial charge on any atom is -0.496 e. The molecule has 1 atom stereocenters. The van der Waals surface area contributed by atoms with E-state index < -0.39 is 0 Å². The highest BCUT2D eigenvalue weighted by Crippen LogP contribution is 2.29. The Kier molecular flexibility index (Phi) is 3.90. The number of benzene rings is 2. The third kappa shape index (κ3) is 2.65. The summed E-state index contributed by atoms with van der Waals surface area (Å²) in [6.07, 6.45) is 2.36. The number of hydrogen-bond donors (Lipinski definition) is 1. The van der Waals surface area contributed by atoms with E-state index in [1.54, 1.807) is 7.11 Å². The number of ether oxygens (including phenoxy) is 1. The molecule has 3 rings (SSSR count). The SMILES string of the molecule is COc1ccc(CN2CCCC(N)C2)c2ccccc12. The molecule has 0 radical (unpaired) electrons. The van der Waals surface area contributed by atoms with Crippen molar-refractivity contribution in [1.82, 2.24) is 4.90 Å². The molecule has 2 aromatic carbocycles. The third-order valence-electron chi connectivity index (χ3n) is 4.13. The highest BCUT2D eigenvalue weighted by atomic mass is 16.5. The summed E-state index contributed by atoms with van der Waals surface area (Å²) < 4.78 is 5.46. The predicted molar refractivity (Wildman–Crippen MR) is 83.0 cm³/mol. The Balaban J connectivity index is 1.92. The summed E-state index contributed by atoms with van der Waals surface area (Å²) in [4.78, 5) is 2.46. The highest BCUT2D eigenvalue weighted by Gasteiger charge is 2.17. The van der Waals surface area contributed by atoms with Gasteiger partial charge in [-0.2, -0.15) is 0 Å². The number of nitrogens with zero attached hydrogens (tertiary/aromatic N) is 1. The van der Waals surface area contributed by atoms with E-state index in [1.807, 2.05) is 0 Å². The number of hydrogen-bond acceptors (Lipinski definition) is 3. The second-order valence-electron chi connectivity index (χ2n) is 5.61. The Hall–Kier alpha value is -1.58. The van der Waals surface area contributed by atoms with Crippen molar-refractivity contribution in [2.45, 2.75) is 25.4 Å². The standard InChI is InChI=1S/C17H22N2O/c1-20-17-9-8-13(15-6-2-3-7-16(15)17)11-19-10-4-5-14(18)12-19/h2-3,6-9,14H,4-5,10-12,18H2,1H3. The van der Waals surface area contributed by atoms with Gasteiger partial charge in [-0.3, -0.25) is 4.90 Å². The molecule has 0 aromatic heterocycles. The molecule has 1 heterocycles. The number of methoxy groups -OCH3 is 1. The molecule has 1 fully saturated rings. The topological polar surface area (TPSA) is 38.5 Å². The summed E-state index contributed by atoms with van der Waals surface area (Å²) in [5, 5.41) is 2.47. The Labute approximate surface area is 120 Å². The zero-order chi connectivity index (χ0) is 13.9. The van der Waals surface area contributed by atoms with Crippen molar-refractivity contribution >= 4 is 10.8 Å². The molecule has 3 nitrogen and oxygen atoms in total. The van der Waals surface area contributed by atoms with Crippen LogP contribution in [0.5, 0.6) is 5.75 Å². The molecule has 0 bridgehead atoms. The molecule has 0 saturated carbocycles. The molecule has 2 N–H and O–H groups in total. The fraction of sp³-hybridized carbons (Fsp3) is 0.412. The lowest BCUT2D eigenvalue weighted by Crippen LogP contribution is -2.42. The monoisotopic (exact) mass is 270 g/mol. The van der Waals surface area contributed by atoms with E-state index in [1.165, 1.54) is 22.8 Å². The van der Waals surface area contributed by atoms with Gasteiger partial charge in [-0.1, -0.05) is 30.3 Å². The van der Waals surface area contributed by atoms with Crippen LogP contribution in [-0.2, 0) is 6.54 Å². The van der Waals surface area contributed by atoms with E-state index in [2.05, 4.69) is 41.3 Å². The fourth-order valence-corrected chi connectivity index (χ4v) is 3.13. The second kappa shape index (κ2) is 5.81. The van der Waals surface area contributed by atoms with Crippen LogP contribution in [0.1, 0.15) is 18.4 Å². The van der Waals surface area contributed by atoms with Crippen LogP contribution in [0.2, 0.25) is 0 Å². The van der Waals surface area contributed by atoms with Crippen molar-refractivity contribution < 1.29 is 4.74 Å². The van der Waals surface area contributed by atoms with E-state index in [4.69, 9.17) is 10.5 Å². The van der Waals surface area contributed by atoms with Gasteiger partial charge in [-0.05, 0) is 36.4 Å². The van der Waals surface area contributed by atoms with Crippen LogP contribution in [0.25, 0.3) is 10.8 Å². The van der Waals surface area contributed by atoms with Crippen molar-refractivity contribution in [3.63, 3.8) is 0 Å². The van der Waals surface area contributed by atoms with Gasteiger partial charge in [0.15, 0.2) is 0 Å². The maximum Gasteiger partial charge on any atom is 0.126 e. The van der Waals surface area contributed by atoms with Crippen molar-refractivity contribution in [3.05, 3.63) is 42.0 Å². The zero-order valence-corrected chi connectivity index (χ0v) is 12.0. The molecule has 0 amide bonds. The summed E-state index contributed by atoms with van der Waals surface area (Å²) in [6, 6.07) is 13.0. The summed E-state index contributed by atoms with van der Waals surface area (Å²) in [5.41, 5.74) is 7.43. The number of nitrogens with two attached hydrogens (primary N) is 1. The summed E-state index contributed by atoms with van der Waals surface area (Å²) in [7, 11) is 1.73. The smallest absolute Gasteiger partial charge is 0.126 e. The largest absolute Gasteiger partial charge is 0.496 e. The number of likely N-dealkylation sites (tertiary alicyclic amines) is 1. The first-order chi connectivity index (χ1) is 9.78. The van der Waals surface area contributed by atoms with Gasteiger partial charge in [-0.15, -0.1) is 0 Å². The Morgan fingerprint density at radius 3 is 2.75 bits per heavy atom. The van der Waals surface area contributed by atoms with E-state index >= 15 is 0 Å². The van der Waals surface area contributed by atoms with Gasteiger partial charge in [0.05, 0.1) is 7.11 Å². The highest BCUT2D eigenvalue weighted by molar-refractivity contribution is 5.91. The average Bonchev–Trinajstić information content (AvgIpc) is 2.48. The Bertz CT molecular complexity index is 597. The van der Waals surface area contributed by atoms with Gasteiger partial charge in [-0.25, -0.2) is 0 Å². The second-order valence-corrected chi connectivity index (χ2v) is 5.61. The molecule has 1 unspecified atom stereocenters. The first kappa shape index (κ1) is 13.4. The number of piperidine rings is 1. The molecular formula is C17H22N2O. The van der Waals surface area contributed by atoms with Gasteiger partial charge in [0.1, 0.15) is 5.75 Å². The Morgan fingerprint density at radius 2 is 2.00 bits per heavy atom. The van der Waals surface area contributed by atoms with Gasteiger partial charge >= 0.3 is 0 Å². The van der Waals surface area contributed by atoms with Crippen LogP contribution in [0, 0.1) is 0 Å². The van der Waals surface area contributed by atoms with Crippen LogP contribution < -0.4 is 10.5 Å². The van der Waals surface area contributed by atoms with Gasteiger partial charge in [0, 0.05) is 24.5 Å². The normalized spacial score (nSPS) is 20.2. The molecule has 0 spiro atoms. The van der Waals surface area contributed by atoms with Crippen molar-refractivity contribution in [1.29, 1.82) is 0 Å². The first-order valence-electron chi connectivity index (χ1n) is 7.30. The minimum atomic E-state index is 0.327. The molecule has 1 saturated heterocycles. The molecule has 1 aliphatic heterocycles. The fourth-order valence-electron chi connectivity index (χ4n) is 3.13. The van der Waals surface area contributed by atoms with E-state index in [-0.39, 0.29) is 0 Å². The lowest BCUT2D eigenvalue weighted by atomic mass is 10.0. The molecule has 3 heteroatoms. The van der Waals surface area contributed by atoms with Gasteiger partial charge in [0.2, 0.25) is 0 Å². The summed E-state index contributed by atoms with van der Waals surface area (Å²) >= 11 is 0. The van der Waals surface area contributed by atoms with Gasteiger partial charge < -0.3 is 10.5 Å². The van der Waals surface area contributed by atoms with E-state index in [9.17, 15) is 0 Å². The van der Waals surface area contributed by atoms with Crippen LogP contribution in [-0.4, -0.2) is 31.1 Å². The quantitative estimate of drug-likeness (QED) is 0.932. The molecule has 20 heavy (non-hydrogen) atoms. The van der Waals surface area contributed by atoms with E-state index in [0.717, 1.165) is 31.8 Å². The number of rotatable bonds is 3. The molecule has 0 aliphatic carbocycles. The maximum atomic E-state index is 6.08. The average molecular weight is 270 g/mol. The molecule has 2 aromatic rings. The van der Waals surface area contributed by atoms with Crippen molar-refractivity contribution in [2.24, 2.45) is 5.73 Å². The van der Waals surface area contributed by atoms with Crippen LogP contribution in [0.15, 0.2) is 36.4 Å². The van der Waals surface area contributed by atoms with Crippen LogP contribution in [0.3, 0.4) is 0 Å². The van der Waals surface area contributed by atoms with Crippen LogP contribution in [0.4, 0.5) is 0 Å². The summed E-state index contributed by atoms with van der Waals surface area (Å²) in [5.74, 6) is 0.944. The van der Waals surface area contributed by atoms with Crippen molar-refractivity contribution in [3.8, 4) is 5.75 Å². The lowest BCUT2D eigenvalue weighted by Gasteiger charge is -2.31. The molecular weight excluding hydrogens is 248 g/mol. The Morgan fingerprint density at radius 1 is 1.20 bits per heavy atom. The lowest BCUT2D eigenvalue weighted by molar-refractivity contribution is 0.202. The van der Waals surface area contributed by atoms with E-state index in [0.29, 0.717) is 6.04 Å². The third-order valence-corrected chi connectivity index (χ3v) is 4.13. The van der Waals surface area contributed by atoms with Crippen LogP contribution >= 0.6 is 0 Å². The van der Waals surface area contributed by atoms with Crippen molar-refractivity contribution in [2.75, 3.05) is 20.2 Å². The zero-order valence-electron chi connectivity index (χ0n) is 12.0. The minimum absolute atomic E-state index is 0.327. The summed E-state index contributed by atoms with van der Waals surface area (Å²) in [6.45, 7) is 3.12. The maximum absolute atomic E-state index is 6.08. The number of fused-ring (bicyclic) bond motifs is 1. The predicted octanol–water partition coefficient (Wildman–Crippen LogP) is 2.77.